The molecular formula is C18H25ClN4O. The molecule has 1 saturated heterocycles. The number of carbonyl (C=O) groups is 1. The highest BCUT2D eigenvalue weighted by Gasteiger charge is 2.23. The molecule has 0 saturated carbocycles. The first-order chi connectivity index (χ1) is 11.0. The number of amides is 1. The van der Waals surface area contributed by atoms with Crippen LogP contribution in [0.2, 0.25) is 0 Å². The number of nitrogens with one attached hydrogen (secondary N) is 1. The zero-order valence-corrected chi connectivity index (χ0v) is 15.3. The molecule has 130 valence electrons. The molecule has 6 heteroatoms. The highest BCUT2D eigenvalue weighted by molar-refractivity contribution is 5.94. The molecule has 1 atom stereocenters. The van der Waals surface area contributed by atoms with Crippen LogP contribution in [0.5, 0.6) is 0 Å². The van der Waals surface area contributed by atoms with Crippen LogP contribution in [-0.2, 0) is 6.54 Å². The van der Waals surface area contributed by atoms with Crippen molar-refractivity contribution in [2.24, 2.45) is 0 Å². The van der Waals surface area contributed by atoms with Crippen molar-refractivity contribution in [3.05, 3.63) is 52.8 Å². The molecule has 0 bridgehead atoms. The van der Waals surface area contributed by atoms with Crippen LogP contribution in [0.15, 0.2) is 30.3 Å². The number of hydrogen-bond acceptors (Lipinski definition) is 3. The van der Waals surface area contributed by atoms with Crippen LogP contribution in [0.4, 0.5) is 0 Å². The van der Waals surface area contributed by atoms with E-state index in [4.69, 9.17) is 0 Å². The quantitative estimate of drug-likeness (QED) is 0.926. The van der Waals surface area contributed by atoms with Gasteiger partial charge in [0.2, 0.25) is 0 Å². The van der Waals surface area contributed by atoms with Gasteiger partial charge in [-0.2, -0.15) is 5.10 Å². The van der Waals surface area contributed by atoms with Gasteiger partial charge in [-0.15, -0.1) is 12.4 Å². The molecule has 1 aromatic heterocycles. The van der Waals surface area contributed by atoms with E-state index in [-0.39, 0.29) is 24.4 Å². The topological polar surface area (TPSA) is 50.2 Å². The van der Waals surface area contributed by atoms with Gasteiger partial charge in [-0.1, -0.05) is 12.1 Å². The van der Waals surface area contributed by atoms with E-state index in [1.807, 2.05) is 40.8 Å². The molecule has 1 aliphatic heterocycles. The van der Waals surface area contributed by atoms with E-state index >= 15 is 0 Å². The van der Waals surface area contributed by atoms with Gasteiger partial charge in [0.05, 0.1) is 12.2 Å². The first-order valence-electron chi connectivity index (χ1n) is 8.16. The number of aromatic nitrogens is 2. The summed E-state index contributed by atoms with van der Waals surface area (Å²) in [6, 6.07) is 10.2. The number of carbonyl (C=O) groups excluding carboxylic acids is 1. The Hall–Kier alpha value is -1.85. The average molecular weight is 349 g/mol. The summed E-state index contributed by atoms with van der Waals surface area (Å²) in [5.41, 5.74) is 4.09. The molecule has 2 heterocycles. The van der Waals surface area contributed by atoms with Gasteiger partial charge in [0.25, 0.3) is 5.91 Å². The maximum Gasteiger partial charge on any atom is 0.254 e. The molecule has 0 spiro atoms. The number of aryl methyl sites for hydroxylation is 2. The van der Waals surface area contributed by atoms with Crippen molar-refractivity contribution in [1.29, 1.82) is 0 Å². The van der Waals surface area contributed by atoms with Crippen LogP contribution in [0.1, 0.15) is 34.2 Å². The maximum atomic E-state index is 12.6. The fourth-order valence-electron chi connectivity index (χ4n) is 3.07. The highest BCUT2D eigenvalue weighted by Crippen LogP contribution is 2.13. The molecule has 1 aromatic carbocycles. The lowest BCUT2D eigenvalue weighted by Crippen LogP contribution is -2.52. The molecule has 1 amide bonds. The molecular weight excluding hydrogens is 324 g/mol. The van der Waals surface area contributed by atoms with Gasteiger partial charge in [-0.05, 0) is 44.5 Å². The molecule has 0 unspecified atom stereocenters. The van der Waals surface area contributed by atoms with Crippen molar-refractivity contribution < 1.29 is 4.79 Å². The largest absolute Gasteiger partial charge is 0.333 e. The normalized spacial score (nSPS) is 17.5. The molecule has 1 N–H and O–H groups in total. The predicted molar refractivity (Wildman–Crippen MR) is 97.9 cm³/mol. The van der Waals surface area contributed by atoms with Crippen LogP contribution < -0.4 is 5.32 Å². The minimum Gasteiger partial charge on any atom is -0.333 e. The first kappa shape index (κ1) is 18.5. The van der Waals surface area contributed by atoms with Crippen LogP contribution in [0.3, 0.4) is 0 Å². The number of piperazine rings is 1. The van der Waals surface area contributed by atoms with E-state index in [1.165, 1.54) is 0 Å². The number of benzene rings is 1. The maximum absolute atomic E-state index is 12.6. The zero-order valence-electron chi connectivity index (χ0n) is 14.5. The standard InChI is InChI=1S/C18H24N4O.ClH/c1-13-10-14(2)22(20-13)12-16-4-6-17(7-5-16)18(23)21-9-8-19-11-15(21)3;/h4-7,10,15,19H,8-9,11-12H2,1-3H3;1H/t15-;/m0./s1. The Labute approximate surface area is 149 Å². The lowest BCUT2D eigenvalue weighted by atomic mass is 10.1. The number of rotatable bonds is 3. The van der Waals surface area contributed by atoms with Crippen LogP contribution in [-0.4, -0.2) is 46.3 Å². The summed E-state index contributed by atoms with van der Waals surface area (Å²) in [6.45, 7) is 9.38. The Balaban J connectivity index is 0.00000208. The van der Waals surface area contributed by atoms with Crippen molar-refractivity contribution in [3.8, 4) is 0 Å². The summed E-state index contributed by atoms with van der Waals surface area (Å²) < 4.78 is 1.99. The van der Waals surface area contributed by atoms with Gasteiger partial charge in [-0.3, -0.25) is 9.48 Å². The van der Waals surface area contributed by atoms with Gasteiger partial charge in [-0.25, -0.2) is 0 Å². The first-order valence-corrected chi connectivity index (χ1v) is 8.16. The number of nitrogens with zero attached hydrogens (tertiary/aromatic N) is 3. The second-order valence-corrected chi connectivity index (χ2v) is 6.33. The Bertz CT molecular complexity index is 696. The monoisotopic (exact) mass is 348 g/mol. The van der Waals surface area contributed by atoms with E-state index in [0.29, 0.717) is 0 Å². The van der Waals surface area contributed by atoms with Crippen molar-refractivity contribution in [2.75, 3.05) is 19.6 Å². The molecule has 0 radical (unpaired) electrons. The summed E-state index contributed by atoms with van der Waals surface area (Å²) in [6.07, 6.45) is 0. The Morgan fingerprint density at radius 1 is 1.29 bits per heavy atom. The molecule has 3 rings (SSSR count). The van der Waals surface area contributed by atoms with Gasteiger partial charge >= 0.3 is 0 Å². The Kier molecular flexibility index (Phi) is 6.02. The fourth-order valence-corrected chi connectivity index (χ4v) is 3.07. The summed E-state index contributed by atoms with van der Waals surface area (Å²) >= 11 is 0. The second kappa shape index (κ2) is 7.81. The Morgan fingerprint density at radius 2 is 2.00 bits per heavy atom. The zero-order chi connectivity index (χ0) is 16.4. The lowest BCUT2D eigenvalue weighted by Gasteiger charge is -2.34. The van der Waals surface area contributed by atoms with Crippen molar-refractivity contribution in [2.45, 2.75) is 33.4 Å². The summed E-state index contributed by atoms with van der Waals surface area (Å²) in [5.74, 6) is 0.122. The van der Waals surface area contributed by atoms with Gasteiger partial charge in [0.15, 0.2) is 0 Å². The number of halogens is 1. The smallest absolute Gasteiger partial charge is 0.254 e. The van der Waals surface area contributed by atoms with Crippen molar-refractivity contribution in [3.63, 3.8) is 0 Å². The third kappa shape index (κ3) is 3.97. The molecule has 24 heavy (non-hydrogen) atoms. The third-order valence-corrected chi connectivity index (χ3v) is 4.40. The SMILES string of the molecule is Cc1cc(C)n(Cc2ccc(C(=O)N3CCNC[C@@H]3C)cc2)n1.Cl. The molecule has 1 fully saturated rings. The minimum absolute atomic E-state index is 0. The molecule has 1 aliphatic rings. The van der Waals surface area contributed by atoms with E-state index in [1.54, 1.807) is 0 Å². The third-order valence-electron chi connectivity index (χ3n) is 4.40. The van der Waals surface area contributed by atoms with Crippen LogP contribution in [0, 0.1) is 13.8 Å². The Morgan fingerprint density at radius 3 is 2.58 bits per heavy atom. The lowest BCUT2D eigenvalue weighted by molar-refractivity contribution is 0.0656. The van der Waals surface area contributed by atoms with E-state index in [2.05, 4.69) is 30.3 Å². The molecule has 2 aromatic rings. The van der Waals surface area contributed by atoms with Crippen molar-refractivity contribution in [1.82, 2.24) is 20.0 Å². The van der Waals surface area contributed by atoms with Gasteiger partial charge < -0.3 is 10.2 Å². The van der Waals surface area contributed by atoms with Crippen LogP contribution >= 0.6 is 12.4 Å². The van der Waals surface area contributed by atoms with Gasteiger partial charge in [0, 0.05) is 36.9 Å². The minimum atomic E-state index is 0. The van der Waals surface area contributed by atoms with E-state index < -0.39 is 0 Å². The van der Waals surface area contributed by atoms with E-state index in [9.17, 15) is 4.79 Å². The predicted octanol–water partition coefficient (Wildman–Crippen LogP) is 2.40. The fraction of sp³-hybridized carbons (Fsp3) is 0.444. The average Bonchev–Trinajstić information content (AvgIpc) is 2.85. The second-order valence-electron chi connectivity index (χ2n) is 6.33. The molecule has 0 aliphatic carbocycles. The highest BCUT2D eigenvalue weighted by atomic mass is 35.5. The summed E-state index contributed by atoms with van der Waals surface area (Å²) in [5, 5.41) is 7.79. The van der Waals surface area contributed by atoms with Crippen molar-refractivity contribution >= 4 is 18.3 Å². The number of hydrogen-bond donors (Lipinski definition) is 1. The summed E-state index contributed by atoms with van der Waals surface area (Å²) in [4.78, 5) is 14.6. The van der Waals surface area contributed by atoms with E-state index in [0.717, 1.165) is 48.7 Å². The summed E-state index contributed by atoms with van der Waals surface area (Å²) in [7, 11) is 0. The van der Waals surface area contributed by atoms with Gasteiger partial charge in [0.1, 0.15) is 0 Å². The van der Waals surface area contributed by atoms with Crippen LogP contribution in [0.25, 0.3) is 0 Å². The molecule has 5 nitrogen and oxygen atoms in total.